The van der Waals surface area contributed by atoms with Crippen LogP contribution in [0.4, 0.5) is 11.4 Å². The Morgan fingerprint density at radius 3 is 2.64 bits per heavy atom. The summed E-state index contributed by atoms with van der Waals surface area (Å²) in [6, 6.07) is 21.9. The van der Waals surface area contributed by atoms with Gasteiger partial charge in [-0.3, -0.25) is 9.59 Å². The highest BCUT2D eigenvalue weighted by Gasteiger charge is 2.38. The molecular weight excluding hydrogens is 452 g/mol. The number of esters is 1. The van der Waals surface area contributed by atoms with Gasteiger partial charge in [-0.25, -0.2) is 0 Å². The molecule has 1 aliphatic heterocycles. The zero-order chi connectivity index (χ0) is 25.1. The van der Waals surface area contributed by atoms with Crippen LogP contribution in [-0.2, 0) is 16.0 Å². The van der Waals surface area contributed by atoms with Gasteiger partial charge < -0.3 is 20.1 Å². The van der Waals surface area contributed by atoms with Crippen molar-refractivity contribution in [1.29, 1.82) is 0 Å². The van der Waals surface area contributed by atoms with Crippen LogP contribution in [0.15, 0.2) is 78.9 Å². The highest BCUT2D eigenvalue weighted by molar-refractivity contribution is 5.91. The Morgan fingerprint density at radius 1 is 1.03 bits per heavy atom. The van der Waals surface area contributed by atoms with Gasteiger partial charge in [-0.1, -0.05) is 48.6 Å². The van der Waals surface area contributed by atoms with Crippen molar-refractivity contribution in [1.82, 2.24) is 0 Å². The lowest BCUT2D eigenvalue weighted by Crippen LogP contribution is -2.29. The molecule has 0 fully saturated rings. The van der Waals surface area contributed by atoms with Crippen LogP contribution in [0.1, 0.15) is 48.4 Å². The number of anilines is 2. The lowest BCUT2D eigenvalue weighted by atomic mass is 9.77. The van der Waals surface area contributed by atoms with Crippen molar-refractivity contribution >= 4 is 23.3 Å². The van der Waals surface area contributed by atoms with Crippen molar-refractivity contribution in [3.05, 3.63) is 95.6 Å². The van der Waals surface area contributed by atoms with Gasteiger partial charge in [0.15, 0.2) is 11.5 Å². The molecule has 1 amide bonds. The van der Waals surface area contributed by atoms with Gasteiger partial charge in [0.1, 0.15) is 0 Å². The van der Waals surface area contributed by atoms with E-state index in [4.69, 9.17) is 9.47 Å². The molecular formula is C30H30N2O4. The molecule has 6 heteroatoms. The Bertz CT molecular complexity index is 1300. The van der Waals surface area contributed by atoms with Crippen molar-refractivity contribution in [2.75, 3.05) is 17.7 Å². The van der Waals surface area contributed by atoms with E-state index in [0.717, 1.165) is 28.9 Å². The lowest BCUT2D eigenvalue weighted by Gasteiger charge is -2.38. The average Bonchev–Trinajstić information content (AvgIpc) is 3.38. The van der Waals surface area contributed by atoms with E-state index in [-0.39, 0.29) is 23.8 Å². The smallest absolute Gasteiger partial charge is 0.308 e. The molecule has 3 aromatic carbocycles. The summed E-state index contributed by atoms with van der Waals surface area (Å²) in [5.74, 6) is 1.15. The van der Waals surface area contributed by atoms with E-state index in [9.17, 15) is 9.59 Å². The maximum atomic E-state index is 12.6. The van der Waals surface area contributed by atoms with Crippen LogP contribution in [0.25, 0.3) is 0 Å². The van der Waals surface area contributed by atoms with E-state index in [1.165, 1.54) is 12.5 Å². The third-order valence-corrected chi connectivity index (χ3v) is 6.93. The number of carbonyl (C=O) groups excluding carboxylic acids is 2. The van der Waals surface area contributed by atoms with Gasteiger partial charge in [0, 0.05) is 30.6 Å². The molecule has 0 bridgehead atoms. The topological polar surface area (TPSA) is 76.7 Å². The summed E-state index contributed by atoms with van der Waals surface area (Å²) in [7, 11) is 1.57. The second kappa shape index (κ2) is 10.3. The molecule has 1 heterocycles. The van der Waals surface area contributed by atoms with Crippen molar-refractivity contribution in [2.24, 2.45) is 5.92 Å². The van der Waals surface area contributed by atoms with Crippen molar-refractivity contribution in [2.45, 2.75) is 38.1 Å². The summed E-state index contributed by atoms with van der Waals surface area (Å²) < 4.78 is 10.8. The molecule has 36 heavy (non-hydrogen) atoms. The summed E-state index contributed by atoms with van der Waals surface area (Å²) in [5, 5.41) is 6.78. The normalized spacial score (nSPS) is 19.6. The summed E-state index contributed by atoms with van der Waals surface area (Å²) in [6.45, 7) is 1.38. The minimum absolute atomic E-state index is 0.0129. The fourth-order valence-electron chi connectivity index (χ4n) is 5.24. The first-order chi connectivity index (χ1) is 17.5. The predicted molar refractivity (Wildman–Crippen MR) is 140 cm³/mol. The summed E-state index contributed by atoms with van der Waals surface area (Å²) in [5.41, 5.74) is 5.29. The van der Waals surface area contributed by atoms with Crippen LogP contribution in [0.2, 0.25) is 0 Å². The number of methoxy groups -OCH3 is 1. The average molecular weight is 483 g/mol. The number of ether oxygens (including phenoxy) is 2. The largest absolute Gasteiger partial charge is 0.493 e. The highest BCUT2D eigenvalue weighted by Crippen LogP contribution is 2.51. The Balaban J connectivity index is 1.34. The van der Waals surface area contributed by atoms with Crippen LogP contribution < -0.4 is 20.1 Å². The van der Waals surface area contributed by atoms with Gasteiger partial charge >= 0.3 is 5.97 Å². The second-order valence-corrected chi connectivity index (χ2v) is 9.32. The monoisotopic (exact) mass is 482 g/mol. The Morgan fingerprint density at radius 2 is 1.86 bits per heavy atom. The third kappa shape index (κ3) is 4.98. The molecule has 184 valence electrons. The summed E-state index contributed by atoms with van der Waals surface area (Å²) in [6.07, 6.45) is 6.60. The van der Waals surface area contributed by atoms with Crippen LogP contribution >= 0.6 is 0 Å². The molecule has 2 N–H and O–H groups in total. The maximum absolute atomic E-state index is 12.6. The maximum Gasteiger partial charge on any atom is 0.308 e. The summed E-state index contributed by atoms with van der Waals surface area (Å²) in [4.78, 5) is 24.0. The van der Waals surface area contributed by atoms with Crippen LogP contribution in [-0.4, -0.2) is 19.0 Å². The van der Waals surface area contributed by atoms with Crippen molar-refractivity contribution < 1.29 is 19.1 Å². The van der Waals surface area contributed by atoms with Crippen LogP contribution in [0.3, 0.4) is 0 Å². The number of rotatable bonds is 7. The van der Waals surface area contributed by atoms with E-state index in [1.54, 1.807) is 13.2 Å². The number of benzene rings is 3. The van der Waals surface area contributed by atoms with Gasteiger partial charge in [-0.15, -0.1) is 0 Å². The number of allylic oxidation sites excluding steroid dienone is 2. The molecule has 0 saturated carbocycles. The van der Waals surface area contributed by atoms with Gasteiger partial charge in [-0.05, 0) is 65.8 Å². The molecule has 2 aliphatic rings. The molecule has 0 radical (unpaired) electrons. The predicted octanol–water partition coefficient (Wildman–Crippen LogP) is 6.02. The molecule has 1 aliphatic carbocycles. The highest BCUT2D eigenvalue weighted by atomic mass is 16.6. The first-order valence-corrected chi connectivity index (χ1v) is 12.3. The third-order valence-electron chi connectivity index (χ3n) is 6.93. The SMILES string of the molecule is COc1cc(C2Nc3ccc(NC(=O)CCc4ccccc4)cc3C3C=CCC32)ccc1OC(C)=O. The number of hydrogen-bond donors (Lipinski definition) is 2. The molecule has 5 rings (SSSR count). The number of nitrogens with one attached hydrogen (secondary N) is 2. The number of aryl methyl sites for hydroxylation is 1. The Kier molecular flexibility index (Phi) is 6.76. The summed E-state index contributed by atoms with van der Waals surface area (Å²) >= 11 is 0. The zero-order valence-corrected chi connectivity index (χ0v) is 20.5. The van der Waals surface area contributed by atoms with E-state index in [0.29, 0.717) is 30.3 Å². The second-order valence-electron chi connectivity index (χ2n) is 9.32. The lowest BCUT2D eigenvalue weighted by molar-refractivity contribution is -0.132. The van der Waals surface area contributed by atoms with E-state index in [2.05, 4.69) is 28.9 Å². The van der Waals surface area contributed by atoms with Crippen LogP contribution in [0.5, 0.6) is 11.5 Å². The van der Waals surface area contributed by atoms with Gasteiger partial charge in [-0.2, -0.15) is 0 Å². The van der Waals surface area contributed by atoms with Gasteiger partial charge in [0.25, 0.3) is 0 Å². The molecule has 3 atom stereocenters. The Labute approximate surface area is 211 Å². The number of hydrogen-bond acceptors (Lipinski definition) is 5. The van der Waals surface area contributed by atoms with Crippen molar-refractivity contribution in [3.8, 4) is 11.5 Å². The van der Waals surface area contributed by atoms with E-state index in [1.807, 2.05) is 54.6 Å². The quantitative estimate of drug-likeness (QED) is 0.245. The van der Waals surface area contributed by atoms with E-state index < -0.39 is 0 Å². The minimum Gasteiger partial charge on any atom is -0.493 e. The fourth-order valence-corrected chi connectivity index (χ4v) is 5.24. The zero-order valence-electron chi connectivity index (χ0n) is 20.5. The van der Waals surface area contributed by atoms with E-state index >= 15 is 0 Å². The first kappa shape index (κ1) is 23.7. The molecule has 3 unspecified atom stereocenters. The Hall–Kier alpha value is -4.06. The number of carbonyl (C=O) groups is 2. The van der Waals surface area contributed by atoms with Crippen molar-refractivity contribution in [3.63, 3.8) is 0 Å². The molecule has 0 saturated heterocycles. The fraction of sp³-hybridized carbons (Fsp3) is 0.267. The first-order valence-electron chi connectivity index (χ1n) is 12.3. The van der Waals surface area contributed by atoms with Gasteiger partial charge in [0.05, 0.1) is 13.2 Å². The molecule has 3 aromatic rings. The van der Waals surface area contributed by atoms with Gasteiger partial charge in [0.2, 0.25) is 5.91 Å². The molecule has 6 nitrogen and oxygen atoms in total. The van der Waals surface area contributed by atoms with Crippen LogP contribution in [0, 0.1) is 5.92 Å². The standard InChI is InChI=1S/C30H30N2O4/c1-19(33)36-27-15-12-21(17-28(27)35-2)30-24-10-6-9-23(24)25-18-22(13-14-26(25)32-30)31-29(34)16-11-20-7-4-3-5-8-20/h3-9,12-15,17-18,23-24,30,32H,10-11,16H2,1-2H3,(H,31,34). The number of fused-ring (bicyclic) bond motifs is 3. The molecule has 0 aromatic heterocycles. The molecule has 0 spiro atoms. The minimum atomic E-state index is -0.381. The number of amides is 1.